The van der Waals surface area contributed by atoms with Crippen molar-refractivity contribution in [1.29, 1.82) is 0 Å². The Hall–Kier alpha value is -3.52. The van der Waals surface area contributed by atoms with E-state index in [-0.39, 0.29) is 12.0 Å². The van der Waals surface area contributed by atoms with Crippen LogP contribution in [-0.2, 0) is 20.5 Å². The molecule has 2 aromatic carbocycles. The lowest BCUT2D eigenvalue weighted by molar-refractivity contribution is -0.134. The second-order valence-corrected chi connectivity index (χ2v) is 10.2. The van der Waals surface area contributed by atoms with Gasteiger partial charge in [-0.2, -0.15) is 0 Å². The number of anilines is 1. The highest BCUT2D eigenvalue weighted by Crippen LogP contribution is 2.32. The van der Waals surface area contributed by atoms with Crippen LogP contribution in [0.2, 0.25) is 0 Å². The molecule has 0 spiro atoms. The number of carbonyl (C=O) groups is 3. The first kappa shape index (κ1) is 23.6. The number of hydrogen-bond acceptors (Lipinski definition) is 5. The molecule has 0 aliphatic carbocycles. The molecule has 8 heteroatoms. The Morgan fingerprint density at radius 3 is 2.38 bits per heavy atom. The van der Waals surface area contributed by atoms with Gasteiger partial charge >= 0.3 is 6.03 Å². The topological polar surface area (TPSA) is 91.4 Å². The molecule has 0 saturated carbocycles. The molecule has 1 fully saturated rings. The molecule has 3 aromatic rings. The highest BCUT2D eigenvalue weighted by Gasteiger charge is 2.51. The maximum atomic E-state index is 13.2. The summed E-state index contributed by atoms with van der Waals surface area (Å²) in [6, 6.07) is 16.7. The van der Waals surface area contributed by atoms with Crippen LogP contribution in [0, 0.1) is 0 Å². The zero-order valence-corrected chi connectivity index (χ0v) is 20.5. The van der Waals surface area contributed by atoms with Gasteiger partial charge in [-0.3, -0.25) is 14.5 Å². The molecule has 4 amide bonds. The minimum Gasteiger partial charge on any atom is -0.319 e. The highest BCUT2D eigenvalue weighted by molar-refractivity contribution is 7.14. The number of rotatable bonds is 6. The molecule has 0 radical (unpaired) electrons. The fraction of sp³-hybridized carbons (Fsp3) is 0.308. The number of carbonyl (C=O) groups excluding carboxylic acids is 3. The number of imide groups is 1. The molecular weight excluding hydrogens is 448 g/mol. The monoisotopic (exact) mass is 476 g/mol. The van der Waals surface area contributed by atoms with Gasteiger partial charge in [0.2, 0.25) is 5.91 Å². The molecule has 176 valence electrons. The third-order valence-electron chi connectivity index (χ3n) is 6.07. The molecule has 1 atom stereocenters. The highest BCUT2D eigenvalue weighted by atomic mass is 32.1. The first-order valence-electron chi connectivity index (χ1n) is 11.2. The zero-order valence-electron chi connectivity index (χ0n) is 19.7. The summed E-state index contributed by atoms with van der Waals surface area (Å²) in [5.74, 6) is -0.910. The normalized spacial score (nSPS) is 18.2. The smallest absolute Gasteiger partial charge is 0.319 e. The Balaban J connectivity index is 1.44. The van der Waals surface area contributed by atoms with Crippen molar-refractivity contribution in [3.63, 3.8) is 0 Å². The van der Waals surface area contributed by atoms with E-state index in [0.717, 1.165) is 16.2 Å². The fourth-order valence-electron chi connectivity index (χ4n) is 4.04. The molecule has 1 aromatic heterocycles. The van der Waals surface area contributed by atoms with E-state index in [0.29, 0.717) is 17.1 Å². The lowest BCUT2D eigenvalue weighted by Gasteiger charge is -2.25. The van der Waals surface area contributed by atoms with E-state index >= 15 is 0 Å². The van der Waals surface area contributed by atoms with Crippen LogP contribution in [0.1, 0.15) is 45.2 Å². The third kappa shape index (κ3) is 4.46. The van der Waals surface area contributed by atoms with Gasteiger partial charge in [0.1, 0.15) is 12.1 Å². The number of hydrogen-bond donors (Lipinski definition) is 2. The molecule has 4 rings (SSSR count). The van der Waals surface area contributed by atoms with Crippen LogP contribution in [0.15, 0.2) is 60.0 Å². The SMILES string of the molecule is CCC1(c2ccccc2)NC(=O)N(CC(=O)Nc2nc(-c3ccc(C(C)(C)C)cc3)cs2)C1=O. The minimum absolute atomic E-state index is 0.0644. The average molecular weight is 477 g/mol. The van der Waals surface area contributed by atoms with Crippen LogP contribution in [0.5, 0.6) is 0 Å². The van der Waals surface area contributed by atoms with Crippen molar-refractivity contribution in [3.8, 4) is 11.3 Å². The summed E-state index contributed by atoms with van der Waals surface area (Å²) in [4.78, 5) is 43.9. The van der Waals surface area contributed by atoms with Crippen molar-refractivity contribution in [1.82, 2.24) is 15.2 Å². The Morgan fingerprint density at radius 2 is 1.76 bits per heavy atom. The molecule has 1 aliphatic rings. The summed E-state index contributed by atoms with van der Waals surface area (Å²) >= 11 is 1.30. The lowest BCUT2D eigenvalue weighted by Crippen LogP contribution is -2.44. The van der Waals surface area contributed by atoms with Gasteiger partial charge in [0.25, 0.3) is 5.91 Å². The van der Waals surface area contributed by atoms with Gasteiger partial charge in [-0.25, -0.2) is 9.78 Å². The van der Waals surface area contributed by atoms with E-state index in [4.69, 9.17) is 0 Å². The first-order chi connectivity index (χ1) is 16.1. The van der Waals surface area contributed by atoms with Crippen molar-refractivity contribution in [2.75, 3.05) is 11.9 Å². The lowest BCUT2D eigenvalue weighted by atomic mass is 9.86. The van der Waals surface area contributed by atoms with Crippen molar-refractivity contribution < 1.29 is 14.4 Å². The van der Waals surface area contributed by atoms with E-state index in [1.54, 1.807) is 12.1 Å². The fourth-order valence-corrected chi connectivity index (χ4v) is 4.77. The van der Waals surface area contributed by atoms with Crippen LogP contribution < -0.4 is 10.6 Å². The van der Waals surface area contributed by atoms with Gasteiger partial charge in [-0.1, -0.05) is 82.3 Å². The largest absolute Gasteiger partial charge is 0.325 e. The maximum absolute atomic E-state index is 13.2. The van der Waals surface area contributed by atoms with Crippen LogP contribution in [0.25, 0.3) is 11.3 Å². The predicted molar refractivity (Wildman–Crippen MR) is 134 cm³/mol. The Bertz CT molecular complexity index is 1210. The summed E-state index contributed by atoms with van der Waals surface area (Å²) in [6.45, 7) is 7.94. The second-order valence-electron chi connectivity index (χ2n) is 9.36. The standard InChI is InChI=1S/C26H28N4O3S/c1-5-26(19-9-7-6-8-10-19)22(32)30(24(33)29-26)15-21(31)28-23-27-20(16-34-23)17-11-13-18(14-12-17)25(2,3)4/h6-14,16H,5,15H2,1-4H3,(H,29,33)(H,27,28,31). The summed E-state index contributed by atoms with van der Waals surface area (Å²) in [6.07, 6.45) is 0.379. The van der Waals surface area contributed by atoms with Crippen molar-refractivity contribution in [2.24, 2.45) is 0 Å². The van der Waals surface area contributed by atoms with Gasteiger partial charge in [-0.15, -0.1) is 11.3 Å². The number of thiazole rings is 1. The van der Waals surface area contributed by atoms with Crippen molar-refractivity contribution in [2.45, 2.75) is 45.1 Å². The predicted octanol–water partition coefficient (Wildman–Crippen LogP) is 4.90. The maximum Gasteiger partial charge on any atom is 0.325 e. The molecule has 1 unspecified atom stereocenters. The summed E-state index contributed by atoms with van der Waals surface area (Å²) in [7, 11) is 0. The van der Waals surface area contributed by atoms with Gasteiger partial charge in [0.05, 0.1) is 5.69 Å². The van der Waals surface area contributed by atoms with E-state index in [2.05, 4.69) is 48.5 Å². The summed E-state index contributed by atoms with van der Waals surface area (Å²) in [5.41, 5.74) is 2.54. The Labute approximate surface area is 203 Å². The van der Waals surface area contributed by atoms with E-state index in [9.17, 15) is 14.4 Å². The molecule has 34 heavy (non-hydrogen) atoms. The number of urea groups is 1. The first-order valence-corrected chi connectivity index (χ1v) is 12.1. The quantitative estimate of drug-likeness (QED) is 0.495. The number of aromatic nitrogens is 1. The average Bonchev–Trinajstić information content (AvgIpc) is 3.37. The molecule has 2 N–H and O–H groups in total. The molecule has 1 aliphatic heterocycles. The molecule has 1 saturated heterocycles. The van der Waals surface area contributed by atoms with Crippen LogP contribution in [-0.4, -0.2) is 34.3 Å². The molecule has 0 bridgehead atoms. The van der Waals surface area contributed by atoms with Crippen molar-refractivity contribution >= 4 is 34.3 Å². The Morgan fingerprint density at radius 1 is 1.09 bits per heavy atom. The summed E-state index contributed by atoms with van der Waals surface area (Å²) in [5, 5.41) is 7.78. The van der Waals surface area contributed by atoms with Crippen LogP contribution >= 0.6 is 11.3 Å². The zero-order chi connectivity index (χ0) is 24.5. The summed E-state index contributed by atoms with van der Waals surface area (Å²) < 4.78 is 0. The molecular formula is C26H28N4O3S. The molecule has 2 heterocycles. The third-order valence-corrected chi connectivity index (χ3v) is 6.83. The van der Waals surface area contributed by atoms with E-state index in [1.165, 1.54) is 16.9 Å². The molecule has 7 nitrogen and oxygen atoms in total. The van der Waals surface area contributed by atoms with Crippen LogP contribution in [0.3, 0.4) is 0 Å². The van der Waals surface area contributed by atoms with Gasteiger partial charge in [0, 0.05) is 10.9 Å². The number of amides is 4. The van der Waals surface area contributed by atoms with Crippen molar-refractivity contribution in [3.05, 3.63) is 71.1 Å². The van der Waals surface area contributed by atoms with Crippen LogP contribution in [0.4, 0.5) is 9.93 Å². The minimum atomic E-state index is -1.16. The van der Waals surface area contributed by atoms with Gasteiger partial charge < -0.3 is 10.6 Å². The second kappa shape index (κ2) is 9.02. The Kier molecular flexibility index (Phi) is 6.27. The number of benzene rings is 2. The van der Waals surface area contributed by atoms with Gasteiger partial charge in [0.15, 0.2) is 5.13 Å². The van der Waals surface area contributed by atoms with Gasteiger partial charge in [-0.05, 0) is 23.0 Å². The van der Waals surface area contributed by atoms with E-state index in [1.807, 2.05) is 42.6 Å². The van der Waals surface area contributed by atoms with E-state index < -0.39 is 23.4 Å². The number of nitrogens with zero attached hydrogens (tertiary/aromatic N) is 2. The number of nitrogens with one attached hydrogen (secondary N) is 2.